The third kappa shape index (κ3) is 3.05. The van der Waals surface area contributed by atoms with E-state index in [1.807, 2.05) is 0 Å². The first-order chi connectivity index (χ1) is 9.86. The summed E-state index contributed by atoms with van der Waals surface area (Å²) in [6.07, 6.45) is 7.32. The highest BCUT2D eigenvalue weighted by Crippen LogP contribution is 2.36. The standard InChI is InChI=1S/C17H24N2O/c18-7-4-10-20-16-6-5-14-11-15(17(14)12-16)13-19-8-2-1-3-9-19/h5-6,11-12H,1-4,7-10,13,18H2. The van der Waals surface area contributed by atoms with Crippen molar-refractivity contribution in [3.8, 4) is 5.75 Å². The summed E-state index contributed by atoms with van der Waals surface area (Å²) in [4.78, 5) is 2.57. The first-order valence-electron chi connectivity index (χ1n) is 7.77. The zero-order chi connectivity index (χ0) is 13.8. The molecule has 108 valence electrons. The van der Waals surface area contributed by atoms with E-state index in [-0.39, 0.29) is 0 Å². The van der Waals surface area contributed by atoms with Crippen LogP contribution in [0.2, 0.25) is 0 Å². The molecular formula is C17H24N2O. The number of piperidine rings is 1. The summed E-state index contributed by atoms with van der Waals surface area (Å²) < 4.78 is 5.73. The minimum Gasteiger partial charge on any atom is -0.494 e. The van der Waals surface area contributed by atoms with E-state index in [4.69, 9.17) is 10.5 Å². The Hall–Kier alpha value is -1.32. The highest BCUT2D eigenvalue weighted by molar-refractivity contribution is 5.96. The number of fused-ring (bicyclic) bond motifs is 1. The van der Waals surface area contributed by atoms with Gasteiger partial charge in [-0.25, -0.2) is 0 Å². The third-order valence-electron chi connectivity index (χ3n) is 4.16. The van der Waals surface area contributed by atoms with Gasteiger partial charge in [0.2, 0.25) is 0 Å². The minimum atomic E-state index is 0.686. The molecule has 1 aliphatic carbocycles. The van der Waals surface area contributed by atoms with Crippen LogP contribution in [-0.2, 0) is 0 Å². The number of nitrogens with two attached hydrogens (primary N) is 1. The highest BCUT2D eigenvalue weighted by Gasteiger charge is 2.20. The van der Waals surface area contributed by atoms with E-state index in [9.17, 15) is 0 Å². The highest BCUT2D eigenvalue weighted by atomic mass is 16.5. The normalized spacial score (nSPS) is 18.1. The SMILES string of the molecule is NCCCOc1ccc2c(c1)C(CN1CCCCC1)=C2. The van der Waals surface area contributed by atoms with Crippen molar-refractivity contribution >= 4 is 11.6 Å². The van der Waals surface area contributed by atoms with Crippen molar-refractivity contribution in [2.75, 3.05) is 32.8 Å². The van der Waals surface area contributed by atoms with Crippen molar-refractivity contribution in [3.05, 3.63) is 29.3 Å². The molecule has 1 aliphatic heterocycles. The number of hydrogen-bond acceptors (Lipinski definition) is 3. The molecule has 2 aliphatic rings. The second-order valence-corrected chi connectivity index (χ2v) is 5.75. The van der Waals surface area contributed by atoms with E-state index in [0.29, 0.717) is 13.2 Å². The topological polar surface area (TPSA) is 38.5 Å². The van der Waals surface area contributed by atoms with E-state index in [1.54, 1.807) is 0 Å². The summed E-state index contributed by atoms with van der Waals surface area (Å²) >= 11 is 0. The molecule has 0 saturated carbocycles. The summed E-state index contributed by atoms with van der Waals surface area (Å²) in [5.74, 6) is 0.974. The molecule has 1 fully saturated rings. The molecule has 1 saturated heterocycles. The zero-order valence-electron chi connectivity index (χ0n) is 12.1. The molecule has 3 nitrogen and oxygen atoms in total. The molecule has 0 spiro atoms. The van der Waals surface area contributed by atoms with Gasteiger partial charge in [-0.3, -0.25) is 4.90 Å². The molecule has 0 aromatic heterocycles. The molecule has 0 radical (unpaired) electrons. The van der Waals surface area contributed by atoms with Crippen LogP contribution in [0.1, 0.15) is 36.8 Å². The Labute approximate surface area is 121 Å². The maximum Gasteiger partial charge on any atom is 0.119 e. The summed E-state index contributed by atoms with van der Waals surface area (Å²) in [6.45, 7) is 4.99. The van der Waals surface area contributed by atoms with Gasteiger partial charge in [0, 0.05) is 6.54 Å². The smallest absolute Gasteiger partial charge is 0.119 e. The summed E-state index contributed by atoms with van der Waals surface area (Å²) in [5.41, 5.74) is 9.68. The average molecular weight is 272 g/mol. The van der Waals surface area contributed by atoms with Crippen molar-refractivity contribution in [2.45, 2.75) is 25.7 Å². The zero-order valence-corrected chi connectivity index (χ0v) is 12.1. The fourth-order valence-electron chi connectivity index (χ4n) is 2.98. The number of benzene rings is 1. The van der Waals surface area contributed by atoms with Crippen molar-refractivity contribution < 1.29 is 4.74 Å². The average Bonchev–Trinajstić information content (AvgIpc) is 2.47. The quantitative estimate of drug-likeness (QED) is 0.809. The predicted molar refractivity (Wildman–Crippen MR) is 83.8 cm³/mol. The Morgan fingerprint density at radius 1 is 1.15 bits per heavy atom. The van der Waals surface area contributed by atoms with Crippen LogP contribution in [0, 0.1) is 0 Å². The number of likely N-dealkylation sites (tertiary alicyclic amines) is 1. The largest absolute Gasteiger partial charge is 0.494 e. The van der Waals surface area contributed by atoms with Crippen LogP contribution in [0.4, 0.5) is 0 Å². The van der Waals surface area contributed by atoms with Gasteiger partial charge in [0.25, 0.3) is 0 Å². The Bertz CT molecular complexity index is 490. The molecule has 0 bridgehead atoms. The van der Waals surface area contributed by atoms with Gasteiger partial charge >= 0.3 is 0 Å². The first kappa shape index (κ1) is 13.7. The van der Waals surface area contributed by atoms with Gasteiger partial charge in [0.1, 0.15) is 5.75 Å². The lowest BCUT2D eigenvalue weighted by molar-refractivity contribution is 0.255. The second kappa shape index (κ2) is 6.42. The van der Waals surface area contributed by atoms with E-state index in [1.165, 1.54) is 49.1 Å². The number of rotatable bonds is 6. The number of nitrogens with zero attached hydrogens (tertiary/aromatic N) is 1. The lowest BCUT2D eigenvalue weighted by Crippen LogP contribution is -2.32. The molecule has 1 aromatic rings. The fourth-order valence-corrected chi connectivity index (χ4v) is 2.98. The fraction of sp³-hybridized carbons (Fsp3) is 0.529. The molecule has 20 heavy (non-hydrogen) atoms. The van der Waals surface area contributed by atoms with Gasteiger partial charge in [0.05, 0.1) is 6.61 Å². The predicted octanol–water partition coefficient (Wildman–Crippen LogP) is 2.75. The van der Waals surface area contributed by atoms with Crippen LogP contribution in [0.25, 0.3) is 11.6 Å². The molecule has 0 amide bonds. The van der Waals surface area contributed by atoms with E-state index in [0.717, 1.165) is 18.7 Å². The Morgan fingerprint density at radius 3 is 2.80 bits per heavy atom. The summed E-state index contributed by atoms with van der Waals surface area (Å²) in [5, 5.41) is 0. The molecule has 1 heterocycles. The number of ether oxygens (including phenoxy) is 1. The number of hydrogen-bond donors (Lipinski definition) is 1. The van der Waals surface area contributed by atoms with E-state index < -0.39 is 0 Å². The summed E-state index contributed by atoms with van der Waals surface area (Å²) in [7, 11) is 0. The van der Waals surface area contributed by atoms with E-state index in [2.05, 4.69) is 29.2 Å². The minimum absolute atomic E-state index is 0.686. The molecule has 3 rings (SSSR count). The Balaban J connectivity index is 1.59. The first-order valence-corrected chi connectivity index (χ1v) is 7.77. The van der Waals surface area contributed by atoms with Crippen LogP contribution in [0.3, 0.4) is 0 Å². The molecule has 1 aromatic carbocycles. The maximum absolute atomic E-state index is 5.73. The van der Waals surface area contributed by atoms with Gasteiger partial charge in [-0.1, -0.05) is 12.5 Å². The molecule has 0 atom stereocenters. The van der Waals surface area contributed by atoms with Crippen LogP contribution in [0.15, 0.2) is 18.2 Å². The Morgan fingerprint density at radius 2 is 2.00 bits per heavy atom. The lowest BCUT2D eigenvalue weighted by atomic mass is 9.87. The molecular weight excluding hydrogens is 248 g/mol. The maximum atomic E-state index is 5.73. The van der Waals surface area contributed by atoms with Crippen LogP contribution >= 0.6 is 0 Å². The monoisotopic (exact) mass is 272 g/mol. The van der Waals surface area contributed by atoms with Crippen molar-refractivity contribution in [2.24, 2.45) is 5.73 Å². The van der Waals surface area contributed by atoms with Gasteiger partial charge in [0.15, 0.2) is 0 Å². The van der Waals surface area contributed by atoms with Crippen LogP contribution in [-0.4, -0.2) is 37.7 Å². The van der Waals surface area contributed by atoms with Crippen molar-refractivity contribution in [3.63, 3.8) is 0 Å². The van der Waals surface area contributed by atoms with Crippen molar-refractivity contribution in [1.29, 1.82) is 0 Å². The van der Waals surface area contributed by atoms with Gasteiger partial charge in [-0.15, -0.1) is 0 Å². The van der Waals surface area contributed by atoms with Crippen molar-refractivity contribution in [1.82, 2.24) is 4.90 Å². The lowest BCUT2D eigenvalue weighted by Gasteiger charge is -2.30. The van der Waals surface area contributed by atoms with Gasteiger partial charge in [-0.05, 0) is 73.8 Å². The van der Waals surface area contributed by atoms with Gasteiger partial charge in [-0.2, -0.15) is 0 Å². The summed E-state index contributed by atoms with van der Waals surface area (Å²) in [6, 6.07) is 6.40. The molecule has 0 unspecified atom stereocenters. The molecule has 2 N–H and O–H groups in total. The third-order valence-corrected chi connectivity index (χ3v) is 4.16. The van der Waals surface area contributed by atoms with Gasteiger partial charge < -0.3 is 10.5 Å². The Kier molecular flexibility index (Phi) is 4.38. The van der Waals surface area contributed by atoms with Crippen LogP contribution < -0.4 is 10.5 Å². The molecule has 3 heteroatoms. The van der Waals surface area contributed by atoms with E-state index >= 15 is 0 Å². The van der Waals surface area contributed by atoms with Crippen LogP contribution in [0.5, 0.6) is 5.75 Å². The second-order valence-electron chi connectivity index (χ2n) is 5.75.